The second-order valence-corrected chi connectivity index (χ2v) is 2.97. The van der Waals surface area contributed by atoms with E-state index in [0.717, 1.165) is 6.42 Å². The summed E-state index contributed by atoms with van der Waals surface area (Å²) < 4.78 is 5.12. The Morgan fingerprint density at radius 2 is 1.92 bits per heavy atom. The molecule has 0 aliphatic rings. The standard InChI is InChI=1S/C9H20O3.K.H/c1-2-3-4-5-6-12-8-9(11)7-10;;/h9-11H,2-8H2,1H3;;. The van der Waals surface area contributed by atoms with Gasteiger partial charge < -0.3 is 14.9 Å². The maximum atomic E-state index is 8.89. The van der Waals surface area contributed by atoms with E-state index in [-0.39, 0.29) is 64.6 Å². The molecule has 0 aliphatic carbocycles. The van der Waals surface area contributed by atoms with Crippen molar-refractivity contribution >= 4 is 51.4 Å². The quantitative estimate of drug-likeness (QED) is 0.453. The molecule has 2 N–H and O–H groups in total. The fraction of sp³-hybridized carbons (Fsp3) is 1.00. The van der Waals surface area contributed by atoms with Crippen molar-refractivity contribution in [3.05, 3.63) is 0 Å². The zero-order valence-corrected chi connectivity index (χ0v) is 7.83. The van der Waals surface area contributed by atoms with E-state index in [9.17, 15) is 0 Å². The number of hydrogen-bond acceptors (Lipinski definition) is 3. The summed E-state index contributed by atoms with van der Waals surface area (Å²) in [4.78, 5) is 0. The van der Waals surface area contributed by atoms with Gasteiger partial charge in [-0.15, -0.1) is 0 Å². The second-order valence-electron chi connectivity index (χ2n) is 2.97. The third-order valence-electron chi connectivity index (χ3n) is 1.66. The Bertz CT molecular complexity index is 90.9. The van der Waals surface area contributed by atoms with E-state index in [0.29, 0.717) is 6.61 Å². The van der Waals surface area contributed by atoms with Gasteiger partial charge >= 0.3 is 51.4 Å². The minimum absolute atomic E-state index is 0. The summed E-state index contributed by atoms with van der Waals surface area (Å²) in [7, 11) is 0. The van der Waals surface area contributed by atoms with Crippen LogP contribution in [-0.2, 0) is 4.74 Å². The van der Waals surface area contributed by atoms with E-state index < -0.39 is 6.10 Å². The molecule has 0 bridgehead atoms. The molecule has 3 nitrogen and oxygen atoms in total. The van der Waals surface area contributed by atoms with E-state index in [1.165, 1.54) is 19.3 Å². The molecule has 0 aromatic heterocycles. The molecular weight excluding hydrogens is 195 g/mol. The molecule has 0 aliphatic heterocycles. The van der Waals surface area contributed by atoms with Crippen molar-refractivity contribution in [1.82, 2.24) is 0 Å². The van der Waals surface area contributed by atoms with Crippen LogP contribution < -0.4 is 0 Å². The van der Waals surface area contributed by atoms with Crippen molar-refractivity contribution in [2.75, 3.05) is 19.8 Å². The van der Waals surface area contributed by atoms with E-state index >= 15 is 0 Å². The third kappa shape index (κ3) is 13.5. The molecule has 76 valence electrons. The molecule has 0 heterocycles. The Labute approximate surface area is 123 Å². The topological polar surface area (TPSA) is 49.7 Å². The van der Waals surface area contributed by atoms with Gasteiger partial charge in [-0.3, -0.25) is 0 Å². The van der Waals surface area contributed by atoms with Crippen LogP contribution in [0.1, 0.15) is 32.6 Å². The summed E-state index contributed by atoms with van der Waals surface area (Å²) in [5, 5.41) is 17.3. The van der Waals surface area contributed by atoms with Crippen LogP contribution in [0.15, 0.2) is 0 Å². The van der Waals surface area contributed by atoms with Crippen LogP contribution in [0.5, 0.6) is 0 Å². The molecule has 0 saturated heterocycles. The van der Waals surface area contributed by atoms with Crippen molar-refractivity contribution in [1.29, 1.82) is 0 Å². The molecule has 0 saturated carbocycles. The van der Waals surface area contributed by atoms with Crippen molar-refractivity contribution in [2.24, 2.45) is 0 Å². The predicted molar refractivity (Wildman–Crippen MR) is 55.2 cm³/mol. The molecule has 0 radical (unpaired) electrons. The maximum absolute atomic E-state index is 8.89. The SMILES string of the molecule is CCCCCCOCC(O)CO.[KH]. The Hall–Kier alpha value is 1.52. The number of ether oxygens (including phenoxy) is 1. The first-order chi connectivity index (χ1) is 5.81. The molecule has 13 heavy (non-hydrogen) atoms. The third-order valence-corrected chi connectivity index (χ3v) is 1.66. The summed E-state index contributed by atoms with van der Waals surface area (Å²) in [6.45, 7) is 2.89. The second kappa shape index (κ2) is 13.5. The summed E-state index contributed by atoms with van der Waals surface area (Å²) in [6.07, 6.45) is 3.99. The van der Waals surface area contributed by atoms with Gasteiger partial charge in [0.2, 0.25) is 0 Å². The van der Waals surface area contributed by atoms with Gasteiger partial charge in [0, 0.05) is 6.61 Å². The van der Waals surface area contributed by atoms with Crippen molar-refractivity contribution in [2.45, 2.75) is 38.7 Å². The fourth-order valence-electron chi connectivity index (χ4n) is 0.903. The Morgan fingerprint density at radius 1 is 1.23 bits per heavy atom. The van der Waals surface area contributed by atoms with E-state index in [1.807, 2.05) is 0 Å². The van der Waals surface area contributed by atoms with E-state index in [1.54, 1.807) is 0 Å². The van der Waals surface area contributed by atoms with Crippen LogP contribution in [-0.4, -0.2) is 87.5 Å². The monoisotopic (exact) mass is 216 g/mol. The van der Waals surface area contributed by atoms with Crippen LogP contribution in [0.2, 0.25) is 0 Å². The van der Waals surface area contributed by atoms with Gasteiger partial charge in [-0.1, -0.05) is 26.2 Å². The van der Waals surface area contributed by atoms with Crippen molar-refractivity contribution in [3.8, 4) is 0 Å². The van der Waals surface area contributed by atoms with Crippen molar-refractivity contribution < 1.29 is 14.9 Å². The Balaban J connectivity index is 0. The van der Waals surface area contributed by atoms with Gasteiger partial charge in [-0.2, -0.15) is 0 Å². The molecular formula is C9H21KO3. The normalized spacial score (nSPS) is 12.2. The molecule has 4 heteroatoms. The van der Waals surface area contributed by atoms with Gasteiger partial charge in [-0.05, 0) is 6.42 Å². The molecule has 0 spiro atoms. The molecule has 0 amide bonds. The van der Waals surface area contributed by atoms with Gasteiger partial charge in [0.15, 0.2) is 0 Å². The molecule has 1 unspecified atom stereocenters. The zero-order chi connectivity index (χ0) is 9.23. The van der Waals surface area contributed by atoms with Crippen LogP contribution in [0.25, 0.3) is 0 Å². The molecule has 0 fully saturated rings. The number of aliphatic hydroxyl groups excluding tert-OH is 2. The first kappa shape index (κ1) is 16.9. The first-order valence-corrected chi connectivity index (χ1v) is 4.68. The molecule has 0 aromatic carbocycles. The number of rotatable bonds is 8. The average Bonchev–Trinajstić information content (AvgIpc) is 2.10. The number of unbranched alkanes of at least 4 members (excludes halogenated alkanes) is 3. The van der Waals surface area contributed by atoms with Crippen LogP contribution in [0, 0.1) is 0 Å². The number of aliphatic hydroxyl groups is 2. The van der Waals surface area contributed by atoms with Gasteiger partial charge in [0.1, 0.15) is 6.10 Å². The summed E-state index contributed by atoms with van der Waals surface area (Å²) in [5.41, 5.74) is 0. The molecule has 1 atom stereocenters. The minimum atomic E-state index is -0.712. The first-order valence-electron chi connectivity index (χ1n) is 4.68. The van der Waals surface area contributed by atoms with E-state index in [2.05, 4.69) is 6.92 Å². The summed E-state index contributed by atoms with van der Waals surface area (Å²) in [5.74, 6) is 0. The zero-order valence-electron chi connectivity index (χ0n) is 7.83. The summed E-state index contributed by atoms with van der Waals surface area (Å²) >= 11 is 0. The van der Waals surface area contributed by atoms with Gasteiger partial charge in [-0.25, -0.2) is 0 Å². The van der Waals surface area contributed by atoms with Gasteiger partial charge in [0.05, 0.1) is 13.2 Å². The average molecular weight is 216 g/mol. The Morgan fingerprint density at radius 3 is 2.46 bits per heavy atom. The number of hydrogen-bond donors (Lipinski definition) is 2. The van der Waals surface area contributed by atoms with Crippen LogP contribution in [0.4, 0.5) is 0 Å². The summed E-state index contributed by atoms with van der Waals surface area (Å²) in [6, 6.07) is 0. The predicted octanol–water partition coefficient (Wildman–Crippen LogP) is 0.288. The molecule has 0 rings (SSSR count). The van der Waals surface area contributed by atoms with Crippen molar-refractivity contribution in [3.63, 3.8) is 0 Å². The van der Waals surface area contributed by atoms with Gasteiger partial charge in [0.25, 0.3) is 0 Å². The van der Waals surface area contributed by atoms with Crippen LogP contribution in [0.3, 0.4) is 0 Å². The van der Waals surface area contributed by atoms with Crippen LogP contribution >= 0.6 is 0 Å². The fourth-order valence-corrected chi connectivity index (χ4v) is 0.903. The van der Waals surface area contributed by atoms with E-state index in [4.69, 9.17) is 14.9 Å². The molecule has 0 aromatic rings. The Kier molecular flexibility index (Phi) is 17.6.